The van der Waals surface area contributed by atoms with Crippen molar-refractivity contribution in [2.24, 2.45) is 0 Å². The zero-order chi connectivity index (χ0) is 76.8. The van der Waals surface area contributed by atoms with Crippen LogP contribution in [0.4, 0.5) is 0 Å². The fourth-order valence-corrected chi connectivity index (χ4v) is 14.2. The Labute approximate surface area is 620 Å². The van der Waals surface area contributed by atoms with Gasteiger partial charge in [0.2, 0.25) is 17.7 Å². The number of carbonyl (C=O) groups is 3. The Kier molecular flexibility index (Phi) is 45.6. The van der Waals surface area contributed by atoms with Gasteiger partial charge in [-0.15, -0.1) is 0 Å². The van der Waals surface area contributed by atoms with Crippen molar-refractivity contribution in [3.8, 4) is 0 Å². The number of unbranched alkanes of at least 4 members (excludes halogenated alkanes) is 29. The molecule has 5 rings (SSSR count). The topological polar surface area (TPSA) is 483 Å². The van der Waals surface area contributed by atoms with Crippen molar-refractivity contribution < 1.29 is 138 Å². The number of ether oxygens (including phenoxy) is 10. The van der Waals surface area contributed by atoms with Crippen molar-refractivity contribution >= 4 is 17.7 Å². The number of carbonyl (C=O) groups excluding carboxylic acids is 3. The van der Waals surface area contributed by atoms with Crippen LogP contribution in [0.25, 0.3) is 0 Å². The van der Waals surface area contributed by atoms with Crippen LogP contribution in [0.15, 0.2) is 12.2 Å². The molecule has 0 aliphatic carbocycles. The highest BCUT2D eigenvalue weighted by molar-refractivity contribution is 5.76. The fourth-order valence-electron chi connectivity index (χ4n) is 14.2. The number of aliphatic hydroxyl groups excluding tert-OH is 15. The zero-order valence-electron chi connectivity index (χ0n) is 62.6. The van der Waals surface area contributed by atoms with Crippen LogP contribution >= 0.6 is 0 Å². The Morgan fingerprint density at radius 2 is 0.743 bits per heavy atom. The van der Waals surface area contributed by atoms with Crippen molar-refractivity contribution in [3.63, 3.8) is 0 Å². The minimum atomic E-state index is -2.18. The second-order valence-corrected chi connectivity index (χ2v) is 29.3. The summed E-state index contributed by atoms with van der Waals surface area (Å²) in [6.07, 6.45) is -3.23. The van der Waals surface area contributed by atoms with Gasteiger partial charge in [0.05, 0.1) is 51.8 Å². The smallest absolute Gasteiger partial charge is 0.220 e. The fraction of sp³-hybridized carbons (Fsp3) is 0.932. The first-order chi connectivity index (χ1) is 50.5. The third-order valence-corrected chi connectivity index (χ3v) is 20.6. The monoisotopic (exact) mass is 1510 g/mol. The highest BCUT2D eigenvalue weighted by atomic mass is 16.8. The molecule has 5 heterocycles. The van der Waals surface area contributed by atoms with Gasteiger partial charge in [-0.25, -0.2) is 0 Å². The molecule has 0 saturated carbocycles. The van der Waals surface area contributed by atoms with E-state index in [-0.39, 0.29) is 12.3 Å². The van der Waals surface area contributed by atoms with Gasteiger partial charge in [-0.2, -0.15) is 0 Å². The van der Waals surface area contributed by atoms with Crippen molar-refractivity contribution in [1.82, 2.24) is 16.0 Å². The molecule has 0 spiro atoms. The van der Waals surface area contributed by atoms with Crippen molar-refractivity contribution in [2.45, 2.75) is 399 Å². The van der Waals surface area contributed by atoms with Crippen LogP contribution in [0.2, 0.25) is 0 Å². The van der Waals surface area contributed by atoms with Gasteiger partial charge in [-0.1, -0.05) is 206 Å². The summed E-state index contributed by atoms with van der Waals surface area (Å²) in [6.45, 7) is 1.76. The summed E-state index contributed by atoms with van der Waals surface area (Å²) in [5, 5.41) is 174. The minimum Gasteiger partial charge on any atom is -0.394 e. The number of nitrogens with one attached hydrogen (secondary N) is 3. The molecule has 5 aliphatic rings. The highest BCUT2D eigenvalue weighted by Crippen LogP contribution is 2.36. The number of rotatable bonds is 53. The van der Waals surface area contributed by atoms with Crippen LogP contribution in [0.1, 0.15) is 233 Å². The summed E-state index contributed by atoms with van der Waals surface area (Å²) in [5.41, 5.74) is 0. The lowest BCUT2D eigenvalue weighted by atomic mass is 9.94. The average Bonchev–Trinajstić information content (AvgIpc) is 0.746. The van der Waals surface area contributed by atoms with Gasteiger partial charge in [-0.05, 0) is 19.3 Å². The molecule has 27 atom stereocenters. The maximum Gasteiger partial charge on any atom is 0.220 e. The maximum absolute atomic E-state index is 13.5. The molecule has 31 heteroatoms. The van der Waals surface area contributed by atoms with Crippen LogP contribution in [0, 0.1) is 0 Å². The number of amides is 3. The van der Waals surface area contributed by atoms with Gasteiger partial charge in [0, 0.05) is 20.3 Å². The minimum absolute atomic E-state index is 0.198. The third kappa shape index (κ3) is 31.0. The van der Waals surface area contributed by atoms with Crippen LogP contribution in [-0.2, 0) is 61.8 Å². The van der Waals surface area contributed by atoms with Gasteiger partial charge in [0.1, 0.15) is 122 Å². The molecule has 3 amide bonds. The molecule has 18 N–H and O–H groups in total. The molecular weight excluding hydrogens is 1380 g/mol. The number of hydrogen-bond donors (Lipinski definition) is 18. The Morgan fingerprint density at radius 1 is 0.381 bits per heavy atom. The number of aliphatic hydroxyl groups is 15. The first-order valence-electron chi connectivity index (χ1n) is 39.4. The molecule has 10 unspecified atom stereocenters. The highest BCUT2D eigenvalue weighted by Gasteiger charge is 2.56. The van der Waals surface area contributed by atoms with Gasteiger partial charge >= 0.3 is 0 Å². The standard InChI is InChI=1S/C74H135N3O28/c1-5-7-9-11-13-15-17-19-20-21-22-23-24-26-28-30-32-34-36-38-54(85)77-47(48(84)37-35-33-31-29-27-25-18-16-14-12-10-8-6-2)43-96-72-64(93)62(91)67(51(41-80)100-72)103-73-65(94)63(92)68(52(42-81)101-73)104-74-66(95)69(59(88)50(40-79)99-74)105-71-56(76-46(4)83)61(90)58(87)53(102-71)44-97-70-55(75-45(3)82)60(89)57(86)49(39-78)98-70/h35,37,47-53,55-74,78-81,84,86-95H,5-34,36,38-44H2,1-4H3,(H,75,82)(H,76,83)(H,77,85)/b37-35+/t47-,48+,49?,50?,51?,52?,53?,55?,56?,57+,58-,59-,60+,61+,62+,63+,64?,65?,66?,67+,68-,69-,70+,71-,72+,73-,74-/m0/s1. The lowest BCUT2D eigenvalue weighted by Gasteiger charge is -2.49. The van der Waals surface area contributed by atoms with E-state index in [1.165, 1.54) is 141 Å². The summed E-state index contributed by atoms with van der Waals surface area (Å²) in [5.74, 6) is -1.78. The molecule has 0 bridgehead atoms. The van der Waals surface area contributed by atoms with E-state index >= 15 is 0 Å². The van der Waals surface area contributed by atoms with Gasteiger partial charge < -0.3 is 140 Å². The van der Waals surface area contributed by atoms with Crippen LogP contribution in [0.3, 0.4) is 0 Å². The predicted octanol–water partition coefficient (Wildman–Crippen LogP) is 1.31. The molecule has 5 fully saturated rings. The van der Waals surface area contributed by atoms with E-state index in [2.05, 4.69) is 29.8 Å². The quantitative estimate of drug-likeness (QED) is 0.0301. The molecule has 5 aliphatic heterocycles. The second kappa shape index (κ2) is 51.7. The summed E-state index contributed by atoms with van der Waals surface area (Å²) in [7, 11) is 0. The van der Waals surface area contributed by atoms with E-state index < -0.39 is 217 Å². The molecule has 0 aromatic carbocycles. The van der Waals surface area contributed by atoms with Gasteiger partial charge in [0.15, 0.2) is 31.5 Å². The first kappa shape index (κ1) is 92.8. The molecule has 105 heavy (non-hydrogen) atoms. The molecule has 31 nitrogen and oxygen atoms in total. The average molecular weight is 1510 g/mol. The van der Waals surface area contributed by atoms with E-state index in [1.54, 1.807) is 6.08 Å². The SMILES string of the molecule is CCCCCCCCCCCCC/C=C/[C@@H](O)[C@H](CO[C@@H]1OC(CO)[C@@H](O[C@@H]2OC(CO)[C@H](O[C@@H]3OC(CO)[C@H](O)[C@H](O[C@@H]4OC(CO[C@@H]5OC(CO)[C@@H](O)[C@H](O)C5NC(C)=O)[C@H](O)[C@H](O)C4NC(C)=O)C3O)[C@H](O)C2O)[C@H](O)C1O)NC(=O)CCCCCCCCCCCCCCCCCCCCC. The van der Waals surface area contributed by atoms with E-state index in [4.69, 9.17) is 47.4 Å². The van der Waals surface area contributed by atoms with Gasteiger partial charge in [0.25, 0.3) is 0 Å². The van der Waals surface area contributed by atoms with E-state index in [1.807, 2.05) is 6.08 Å². The largest absolute Gasteiger partial charge is 0.394 e. The Balaban J connectivity index is 1.16. The summed E-state index contributed by atoms with van der Waals surface area (Å²) in [4.78, 5) is 38.0. The second-order valence-electron chi connectivity index (χ2n) is 29.3. The van der Waals surface area contributed by atoms with Crippen LogP contribution in [0.5, 0.6) is 0 Å². The van der Waals surface area contributed by atoms with Gasteiger partial charge in [-0.3, -0.25) is 14.4 Å². The molecule has 0 aromatic heterocycles. The van der Waals surface area contributed by atoms with E-state index in [0.717, 1.165) is 58.8 Å². The molecular formula is C74H135N3O28. The normalized spacial score (nSPS) is 34.4. The molecule has 5 saturated heterocycles. The summed E-state index contributed by atoms with van der Waals surface area (Å²) >= 11 is 0. The molecule has 0 aromatic rings. The number of hydrogen-bond acceptors (Lipinski definition) is 28. The molecule has 0 radical (unpaired) electrons. The summed E-state index contributed by atoms with van der Waals surface area (Å²) in [6, 6.07) is -4.16. The van der Waals surface area contributed by atoms with Crippen LogP contribution < -0.4 is 16.0 Å². The zero-order valence-corrected chi connectivity index (χ0v) is 62.6. The predicted molar refractivity (Wildman–Crippen MR) is 380 cm³/mol. The maximum atomic E-state index is 13.5. The Morgan fingerprint density at radius 3 is 1.20 bits per heavy atom. The lowest BCUT2D eigenvalue weighted by Crippen LogP contribution is -2.69. The summed E-state index contributed by atoms with van der Waals surface area (Å²) < 4.78 is 58.7. The third-order valence-electron chi connectivity index (χ3n) is 20.6. The van der Waals surface area contributed by atoms with Crippen molar-refractivity contribution in [2.75, 3.05) is 39.6 Å². The van der Waals surface area contributed by atoms with E-state index in [0.29, 0.717) is 12.8 Å². The molecule has 614 valence electrons. The Bertz CT molecular complexity index is 2340. The Hall–Kier alpha value is -2.85. The lowest BCUT2D eigenvalue weighted by molar-refractivity contribution is -0.387. The number of allylic oxidation sites excluding steroid dienone is 1. The first-order valence-corrected chi connectivity index (χ1v) is 39.4. The van der Waals surface area contributed by atoms with Crippen molar-refractivity contribution in [3.05, 3.63) is 12.2 Å². The van der Waals surface area contributed by atoms with Crippen molar-refractivity contribution in [1.29, 1.82) is 0 Å². The van der Waals surface area contributed by atoms with E-state index in [9.17, 15) is 91.0 Å². The van der Waals surface area contributed by atoms with Crippen LogP contribution in [-0.4, -0.2) is 300 Å².